The number of aromatic nitrogens is 1. The highest BCUT2D eigenvalue weighted by Crippen LogP contribution is 2.39. The molecule has 6 heteroatoms. The van der Waals surface area contributed by atoms with Crippen molar-refractivity contribution in [2.75, 3.05) is 6.61 Å². The minimum atomic E-state index is -0.705. The second-order valence-corrected chi connectivity index (χ2v) is 7.88. The molecule has 30 heavy (non-hydrogen) atoms. The Hall–Kier alpha value is -2.73. The van der Waals surface area contributed by atoms with E-state index in [9.17, 15) is 14.7 Å². The molecule has 0 aliphatic heterocycles. The van der Waals surface area contributed by atoms with Crippen molar-refractivity contribution in [2.45, 2.75) is 58.7 Å². The molecule has 0 amide bonds. The smallest absolute Gasteiger partial charge is 0.315 e. The highest BCUT2D eigenvalue weighted by Gasteiger charge is 2.40. The molecule has 0 spiro atoms. The van der Waals surface area contributed by atoms with Crippen molar-refractivity contribution in [1.82, 2.24) is 4.98 Å². The zero-order chi connectivity index (χ0) is 21.7. The Bertz CT molecular complexity index is 944. The van der Waals surface area contributed by atoms with Gasteiger partial charge in [-0.25, -0.2) is 4.98 Å². The van der Waals surface area contributed by atoms with Gasteiger partial charge in [-0.2, -0.15) is 0 Å². The minimum absolute atomic E-state index is 0.232. The summed E-state index contributed by atoms with van der Waals surface area (Å²) >= 11 is 0. The lowest BCUT2D eigenvalue weighted by molar-refractivity contribution is -0.155. The first-order chi connectivity index (χ1) is 14.3. The van der Waals surface area contributed by atoms with Crippen molar-refractivity contribution in [3.05, 3.63) is 47.7 Å². The number of hydrogen-bond acceptors (Lipinski definition) is 6. The van der Waals surface area contributed by atoms with Gasteiger partial charge in [0.05, 0.1) is 29.3 Å². The molecule has 1 aliphatic carbocycles. The van der Waals surface area contributed by atoms with Crippen LogP contribution in [-0.4, -0.2) is 34.7 Å². The van der Waals surface area contributed by atoms with Gasteiger partial charge < -0.3 is 14.6 Å². The third-order valence-electron chi connectivity index (χ3n) is 5.62. The van der Waals surface area contributed by atoms with Crippen LogP contribution in [0.15, 0.2) is 36.4 Å². The summed E-state index contributed by atoms with van der Waals surface area (Å²) in [6, 6.07) is 9.71. The van der Waals surface area contributed by atoms with E-state index in [-0.39, 0.29) is 18.0 Å². The summed E-state index contributed by atoms with van der Waals surface area (Å²) in [7, 11) is 0. The number of esters is 2. The number of aliphatic hydroxyl groups is 1. The predicted molar refractivity (Wildman–Crippen MR) is 114 cm³/mol. The summed E-state index contributed by atoms with van der Waals surface area (Å²) in [5.74, 6) is -0.576. The fraction of sp³-hybridized carbons (Fsp3) is 0.458. The Labute approximate surface area is 176 Å². The maximum atomic E-state index is 12.7. The molecule has 1 saturated carbocycles. The first-order valence-corrected chi connectivity index (χ1v) is 10.5. The number of aliphatic hydroxyl groups excluding tert-OH is 1. The largest absolute Gasteiger partial charge is 0.465 e. The van der Waals surface area contributed by atoms with Crippen molar-refractivity contribution >= 4 is 28.9 Å². The highest BCUT2D eigenvalue weighted by molar-refractivity contribution is 5.83. The van der Waals surface area contributed by atoms with Crippen LogP contribution < -0.4 is 0 Å². The molecule has 160 valence electrons. The first kappa shape index (κ1) is 22.0. The molecule has 1 heterocycles. The topological polar surface area (TPSA) is 85.7 Å². The summed E-state index contributed by atoms with van der Waals surface area (Å²) in [5, 5.41) is 10.8. The third kappa shape index (κ3) is 5.05. The Morgan fingerprint density at radius 1 is 1.27 bits per heavy atom. The van der Waals surface area contributed by atoms with Crippen LogP contribution in [0.5, 0.6) is 0 Å². The molecule has 1 atom stereocenters. The number of carbonyl (C=O) groups excluding carboxylic acids is 2. The van der Waals surface area contributed by atoms with Gasteiger partial charge in [-0.1, -0.05) is 30.4 Å². The third-order valence-corrected chi connectivity index (χ3v) is 5.62. The van der Waals surface area contributed by atoms with E-state index in [4.69, 9.17) is 9.47 Å². The molecule has 1 fully saturated rings. The van der Waals surface area contributed by atoms with Gasteiger partial charge in [0.1, 0.15) is 6.10 Å². The van der Waals surface area contributed by atoms with Gasteiger partial charge in [0.25, 0.3) is 0 Å². The van der Waals surface area contributed by atoms with Crippen LogP contribution in [-0.2, 0) is 19.1 Å². The van der Waals surface area contributed by atoms with Crippen LogP contribution in [0.2, 0.25) is 0 Å². The Kier molecular flexibility index (Phi) is 6.87. The standard InChI is InChI=1S/C24H29NO5/c1-4-29-23(28)24(13-10-20(27)11-14-24)12-9-18-5-6-19-7-8-21(25-22(19)15-18)16(2)30-17(3)26/h5-9,12,15-16,20,27H,4,10-11,13-14H2,1-3H3/b12-9+/t16-,20-,24+/m1/s1. The molecule has 6 nitrogen and oxygen atoms in total. The maximum absolute atomic E-state index is 12.7. The first-order valence-electron chi connectivity index (χ1n) is 10.5. The predicted octanol–water partition coefficient (Wildman–Crippen LogP) is 4.36. The summed E-state index contributed by atoms with van der Waals surface area (Å²) in [6.45, 7) is 5.31. The lowest BCUT2D eigenvalue weighted by atomic mass is 9.72. The number of nitrogens with zero attached hydrogens (tertiary/aromatic N) is 1. The van der Waals surface area contributed by atoms with Crippen LogP contribution in [0.25, 0.3) is 17.0 Å². The lowest BCUT2D eigenvalue weighted by Gasteiger charge is -2.34. The zero-order valence-corrected chi connectivity index (χ0v) is 17.8. The van der Waals surface area contributed by atoms with E-state index in [0.29, 0.717) is 38.0 Å². The molecule has 1 N–H and O–H groups in total. The van der Waals surface area contributed by atoms with Crippen LogP contribution in [0.4, 0.5) is 0 Å². The van der Waals surface area contributed by atoms with Gasteiger partial charge >= 0.3 is 11.9 Å². The van der Waals surface area contributed by atoms with Crippen LogP contribution >= 0.6 is 0 Å². The zero-order valence-electron chi connectivity index (χ0n) is 17.8. The van der Waals surface area contributed by atoms with E-state index >= 15 is 0 Å². The quantitative estimate of drug-likeness (QED) is 0.711. The highest BCUT2D eigenvalue weighted by atomic mass is 16.5. The van der Waals surface area contributed by atoms with Gasteiger partial charge in [0, 0.05) is 12.3 Å². The van der Waals surface area contributed by atoms with Crippen LogP contribution in [0.1, 0.15) is 63.8 Å². The number of carbonyl (C=O) groups is 2. The Balaban J connectivity index is 1.88. The SMILES string of the molecule is CCOC(=O)[C@]1(/C=C/c2ccc3ccc([C@@H](C)OC(C)=O)nc3c2)CC[C@H](O)CC1. The number of pyridine rings is 1. The van der Waals surface area contributed by atoms with Crippen molar-refractivity contribution in [3.63, 3.8) is 0 Å². The number of hydrogen-bond donors (Lipinski definition) is 1. The molecule has 1 aliphatic rings. The van der Waals surface area contributed by atoms with Gasteiger partial charge in [0.2, 0.25) is 0 Å². The van der Waals surface area contributed by atoms with Crippen LogP contribution in [0.3, 0.4) is 0 Å². The average molecular weight is 411 g/mol. The van der Waals surface area contributed by atoms with E-state index in [0.717, 1.165) is 16.5 Å². The number of rotatable bonds is 6. The Morgan fingerprint density at radius 2 is 1.97 bits per heavy atom. The fourth-order valence-corrected chi connectivity index (χ4v) is 3.88. The maximum Gasteiger partial charge on any atom is 0.315 e. The normalized spacial score (nSPS) is 22.7. The molecule has 3 rings (SSSR count). The summed E-state index contributed by atoms with van der Waals surface area (Å²) in [4.78, 5) is 28.5. The van der Waals surface area contributed by atoms with E-state index in [1.165, 1.54) is 6.92 Å². The Morgan fingerprint density at radius 3 is 2.63 bits per heavy atom. The summed E-state index contributed by atoms with van der Waals surface area (Å²) in [5.41, 5.74) is 1.69. The number of fused-ring (bicyclic) bond motifs is 1. The van der Waals surface area contributed by atoms with E-state index in [2.05, 4.69) is 4.98 Å². The molecular weight excluding hydrogens is 382 g/mol. The molecule has 0 radical (unpaired) electrons. The van der Waals surface area contributed by atoms with Crippen molar-refractivity contribution in [3.8, 4) is 0 Å². The molecule has 1 aromatic heterocycles. The molecule has 0 unspecified atom stereocenters. The van der Waals surface area contributed by atoms with Gasteiger partial charge in [-0.3, -0.25) is 9.59 Å². The lowest BCUT2D eigenvalue weighted by Crippen LogP contribution is -2.36. The van der Waals surface area contributed by atoms with E-state index in [1.807, 2.05) is 42.5 Å². The molecule has 0 saturated heterocycles. The summed E-state index contributed by atoms with van der Waals surface area (Å²) < 4.78 is 10.6. The molecule has 2 aromatic rings. The van der Waals surface area contributed by atoms with Gasteiger partial charge in [-0.15, -0.1) is 0 Å². The monoisotopic (exact) mass is 411 g/mol. The van der Waals surface area contributed by atoms with Crippen LogP contribution in [0, 0.1) is 5.41 Å². The number of ether oxygens (including phenoxy) is 2. The minimum Gasteiger partial charge on any atom is -0.465 e. The van der Waals surface area contributed by atoms with Gasteiger partial charge in [-0.05, 0) is 57.2 Å². The van der Waals surface area contributed by atoms with Gasteiger partial charge in [0.15, 0.2) is 0 Å². The average Bonchev–Trinajstić information content (AvgIpc) is 2.72. The van der Waals surface area contributed by atoms with Crippen molar-refractivity contribution < 1.29 is 24.2 Å². The van der Waals surface area contributed by atoms with Crippen molar-refractivity contribution in [1.29, 1.82) is 0 Å². The van der Waals surface area contributed by atoms with E-state index in [1.54, 1.807) is 13.8 Å². The second-order valence-electron chi connectivity index (χ2n) is 7.88. The molecular formula is C24H29NO5. The summed E-state index contributed by atoms with van der Waals surface area (Å²) in [6.07, 6.45) is 5.37. The molecule has 1 aromatic carbocycles. The fourth-order valence-electron chi connectivity index (χ4n) is 3.88. The number of benzene rings is 1. The van der Waals surface area contributed by atoms with Crippen molar-refractivity contribution in [2.24, 2.45) is 5.41 Å². The molecule has 0 bridgehead atoms. The second kappa shape index (κ2) is 9.39. The van der Waals surface area contributed by atoms with E-state index < -0.39 is 11.5 Å².